The largest absolute Gasteiger partial charge is 0.335 e. The van der Waals surface area contributed by atoms with Crippen LogP contribution in [0.25, 0.3) is 0 Å². The molecular formula is C34H44N6O2. The first kappa shape index (κ1) is 32.2. The lowest BCUT2D eigenvalue weighted by atomic mass is 10.1. The van der Waals surface area contributed by atoms with Gasteiger partial charge in [-0.1, -0.05) is 53.4 Å². The Labute approximate surface area is 250 Å². The lowest BCUT2D eigenvalue weighted by molar-refractivity contribution is -0.133. The molecule has 0 unspecified atom stereocenters. The molecular weight excluding hydrogens is 524 g/mol. The van der Waals surface area contributed by atoms with Gasteiger partial charge >= 0.3 is 0 Å². The van der Waals surface area contributed by atoms with E-state index in [1.807, 2.05) is 34.1 Å². The fourth-order valence-electron chi connectivity index (χ4n) is 4.37. The van der Waals surface area contributed by atoms with Gasteiger partial charge in [0, 0.05) is 37.1 Å². The minimum absolute atomic E-state index is 0.152. The first-order valence-electron chi connectivity index (χ1n) is 14.9. The number of hydrogen-bond acceptors (Lipinski definition) is 4. The number of rotatable bonds is 12. The molecule has 1 aromatic carbocycles. The van der Waals surface area contributed by atoms with Crippen molar-refractivity contribution < 1.29 is 9.59 Å². The highest BCUT2D eigenvalue weighted by Crippen LogP contribution is 2.11. The Morgan fingerprint density at radius 2 is 1.07 bits per heavy atom. The van der Waals surface area contributed by atoms with Crippen LogP contribution < -0.4 is 0 Å². The number of H-pyrrole nitrogens is 2. The molecule has 0 bridgehead atoms. The van der Waals surface area contributed by atoms with Crippen molar-refractivity contribution in [3.63, 3.8) is 0 Å². The van der Waals surface area contributed by atoms with E-state index in [1.165, 1.54) is 0 Å². The molecule has 3 rings (SSSR count). The summed E-state index contributed by atoms with van der Waals surface area (Å²) in [6, 6.07) is 7.73. The molecule has 2 N–H and O–H groups in total. The molecule has 2 heterocycles. The molecule has 8 heteroatoms. The zero-order chi connectivity index (χ0) is 30.5. The maximum absolute atomic E-state index is 12.6. The zero-order valence-electron chi connectivity index (χ0n) is 25.9. The van der Waals surface area contributed by atoms with Crippen LogP contribution >= 0.6 is 0 Å². The highest BCUT2D eigenvalue weighted by molar-refractivity contribution is 5.76. The summed E-state index contributed by atoms with van der Waals surface area (Å²) in [5.41, 5.74) is 3.14. The average molecular weight is 569 g/mol. The van der Waals surface area contributed by atoms with E-state index in [1.54, 1.807) is 12.4 Å². The van der Waals surface area contributed by atoms with Crippen LogP contribution in [-0.2, 0) is 22.7 Å². The third kappa shape index (κ3) is 10.6. The highest BCUT2D eigenvalue weighted by Gasteiger charge is 2.17. The molecule has 2 amide bonds. The van der Waals surface area contributed by atoms with E-state index in [0.717, 1.165) is 35.6 Å². The Morgan fingerprint density at radius 3 is 1.40 bits per heavy atom. The molecule has 0 saturated carbocycles. The second-order valence-corrected chi connectivity index (χ2v) is 11.4. The van der Waals surface area contributed by atoms with Gasteiger partial charge in [-0.15, -0.1) is 0 Å². The summed E-state index contributed by atoms with van der Waals surface area (Å²) in [6.45, 7) is 14.7. The molecule has 0 aliphatic rings. The minimum Gasteiger partial charge on any atom is -0.335 e. The van der Waals surface area contributed by atoms with Crippen LogP contribution in [0.4, 0.5) is 0 Å². The van der Waals surface area contributed by atoms with Gasteiger partial charge in [0.05, 0.1) is 25.5 Å². The van der Waals surface area contributed by atoms with Gasteiger partial charge in [0.15, 0.2) is 0 Å². The number of amides is 2. The molecule has 222 valence electrons. The van der Waals surface area contributed by atoms with E-state index >= 15 is 0 Å². The topological polar surface area (TPSA) is 98.0 Å². The van der Waals surface area contributed by atoms with Crippen LogP contribution in [0.3, 0.4) is 0 Å². The SMILES string of the molecule is CCCN(Cc1ncc(C#Cc2ccc(C#Cc3cnc(CN(CCC)C(=O)CC(C)C)[nH]3)cc2)[nH]1)C(=O)CC(C)C. The van der Waals surface area contributed by atoms with Crippen molar-refractivity contribution in [3.05, 3.63) is 70.8 Å². The first-order chi connectivity index (χ1) is 20.2. The van der Waals surface area contributed by atoms with Gasteiger partial charge in [-0.25, -0.2) is 9.97 Å². The number of imidazole rings is 2. The van der Waals surface area contributed by atoms with E-state index in [2.05, 4.69) is 85.2 Å². The minimum atomic E-state index is 0.152. The van der Waals surface area contributed by atoms with E-state index in [4.69, 9.17) is 0 Å². The summed E-state index contributed by atoms with van der Waals surface area (Å²) in [4.78, 5) is 44.2. The predicted octanol–water partition coefficient (Wildman–Crippen LogP) is 5.50. The quantitative estimate of drug-likeness (QED) is 0.282. The maximum atomic E-state index is 12.6. The molecule has 0 spiro atoms. The Hall–Kier alpha value is -4.30. The molecule has 8 nitrogen and oxygen atoms in total. The van der Waals surface area contributed by atoms with Gasteiger partial charge < -0.3 is 19.8 Å². The van der Waals surface area contributed by atoms with Crippen LogP contribution in [-0.4, -0.2) is 54.6 Å². The number of nitrogens with one attached hydrogen (secondary N) is 2. The summed E-state index contributed by atoms with van der Waals surface area (Å²) in [5.74, 6) is 15.0. The lowest BCUT2D eigenvalue weighted by Gasteiger charge is -2.22. The fourth-order valence-corrected chi connectivity index (χ4v) is 4.37. The average Bonchev–Trinajstić information content (AvgIpc) is 3.59. The van der Waals surface area contributed by atoms with Crippen LogP contribution in [0.2, 0.25) is 0 Å². The Morgan fingerprint density at radius 1 is 0.690 bits per heavy atom. The van der Waals surface area contributed by atoms with Crippen LogP contribution in [0.1, 0.15) is 101 Å². The number of carbonyl (C=O) groups excluding carboxylic acids is 2. The van der Waals surface area contributed by atoms with E-state index in [0.29, 0.717) is 62.2 Å². The maximum Gasteiger partial charge on any atom is 0.223 e. The van der Waals surface area contributed by atoms with Gasteiger partial charge in [-0.3, -0.25) is 9.59 Å². The molecule has 0 saturated heterocycles. The van der Waals surface area contributed by atoms with Crippen molar-refractivity contribution in [3.8, 4) is 23.7 Å². The van der Waals surface area contributed by atoms with Crippen LogP contribution in [0.15, 0.2) is 36.7 Å². The summed E-state index contributed by atoms with van der Waals surface area (Å²) >= 11 is 0. The number of aromatic amines is 2. The fraction of sp³-hybridized carbons (Fsp3) is 0.471. The smallest absolute Gasteiger partial charge is 0.223 e. The first-order valence-corrected chi connectivity index (χ1v) is 14.9. The van der Waals surface area contributed by atoms with E-state index in [9.17, 15) is 9.59 Å². The second kappa shape index (κ2) is 16.2. The summed E-state index contributed by atoms with van der Waals surface area (Å²) < 4.78 is 0. The monoisotopic (exact) mass is 568 g/mol. The second-order valence-electron chi connectivity index (χ2n) is 11.4. The molecule has 3 aromatic rings. The Kier molecular flexibility index (Phi) is 12.4. The number of aromatic nitrogens is 4. The third-order valence-electron chi connectivity index (χ3n) is 6.36. The van der Waals surface area contributed by atoms with Crippen LogP contribution in [0.5, 0.6) is 0 Å². The predicted molar refractivity (Wildman–Crippen MR) is 166 cm³/mol. The van der Waals surface area contributed by atoms with Crippen molar-refractivity contribution in [1.82, 2.24) is 29.7 Å². The van der Waals surface area contributed by atoms with E-state index < -0.39 is 0 Å². The Balaban J connectivity index is 1.59. The summed E-state index contributed by atoms with van der Waals surface area (Å²) in [7, 11) is 0. The molecule has 2 aromatic heterocycles. The summed E-state index contributed by atoms with van der Waals surface area (Å²) in [5, 5.41) is 0. The summed E-state index contributed by atoms with van der Waals surface area (Å²) in [6.07, 6.45) is 6.29. The molecule has 0 fully saturated rings. The molecule has 0 atom stereocenters. The van der Waals surface area contributed by atoms with Gasteiger partial charge in [0.1, 0.15) is 23.0 Å². The molecule has 42 heavy (non-hydrogen) atoms. The molecule has 0 radical (unpaired) electrons. The number of benzene rings is 1. The van der Waals surface area contributed by atoms with Crippen molar-refractivity contribution in [2.75, 3.05) is 13.1 Å². The van der Waals surface area contributed by atoms with E-state index in [-0.39, 0.29) is 11.8 Å². The zero-order valence-corrected chi connectivity index (χ0v) is 25.9. The standard InChI is InChI=1S/C34H44N6O2/c1-7-17-39(33(41)19-25(3)4)23-31-35-21-29(37-31)15-13-27-9-11-28(12-10-27)14-16-30-22-36-32(38-30)24-40(18-8-2)34(42)20-26(5)6/h9-12,21-22,25-26H,7-8,17-20,23-24H2,1-6H3,(H,35,37)(H,36,38). The van der Waals surface area contributed by atoms with Gasteiger partial charge in [-0.05, 0) is 60.8 Å². The van der Waals surface area contributed by atoms with Crippen molar-refractivity contribution in [1.29, 1.82) is 0 Å². The lowest BCUT2D eigenvalue weighted by Crippen LogP contribution is -2.32. The van der Waals surface area contributed by atoms with Gasteiger partial charge in [-0.2, -0.15) is 0 Å². The van der Waals surface area contributed by atoms with Gasteiger partial charge in [0.2, 0.25) is 11.8 Å². The Bertz CT molecular complexity index is 1320. The number of hydrogen-bond donors (Lipinski definition) is 2. The normalized spacial score (nSPS) is 10.7. The van der Waals surface area contributed by atoms with Crippen molar-refractivity contribution >= 4 is 11.8 Å². The van der Waals surface area contributed by atoms with Gasteiger partial charge in [0.25, 0.3) is 0 Å². The molecule has 0 aliphatic carbocycles. The molecule has 0 aliphatic heterocycles. The highest BCUT2D eigenvalue weighted by atomic mass is 16.2. The number of carbonyl (C=O) groups is 2. The van der Waals surface area contributed by atoms with Crippen LogP contribution in [0, 0.1) is 35.5 Å². The third-order valence-corrected chi connectivity index (χ3v) is 6.36. The number of nitrogens with zero attached hydrogens (tertiary/aromatic N) is 4. The van der Waals surface area contributed by atoms with Crippen molar-refractivity contribution in [2.45, 2.75) is 80.3 Å². The van der Waals surface area contributed by atoms with Crippen molar-refractivity contribution in [2.24, 2.45) is 11.8 Å².